The molecule has 2 atom stereocenters. The van der Waals surface area contributed by atoms with Gasteiger partial charge in [-0.2, -0.15) is 8.42 Å². The molecule has 0 amide bonds. The fraction of sp³-hybridized carbons (Fsp3) is 0.333. The number of halogens is 1. The van der Waals surface area contributed by atoms with Crippen molar-refractivity contribution in [1.29, 1.82) is 0 Å². The molecule has 0 radical (unpaired) electrons. The predicted molar refractivity (Wildman–Crippen MR) is 52.8 cm³/mol. The molecule has 1 aromatic rings. The van der Waals surface area contributed by atoms with Gasteiger partial charge < -0.3 is 15.3 Å². The third-order valence-corrected chi connectivity index (χ3v) is 2.89. The first-order valence-electron chi connectivity index (χ1n) is 4.38. The minimum Gasteiger partial charge on any atom is -0.394 e. The first kappa shape index (κ1) is 13.0. The van der Waals surface area contributed by atoms with Gasteiger partial charge in [0.2, 0.25) is 0 Å². The topological polar surface area (TPSA) is 94.8 Å². The van der Waals surface area contributed by atoms with E-state index >= 15 is 0 Å². The summed E-state index contributed by atoms with van der Waals surface area (Å²) < 4.78 is 33.5. The van der Waals surface area contributed by atoms with E-state index in [2.05, 4.69) is 0 Å². The van der Waals surface area contributed by atoms with E-state index in [0.717, 1.165) is 24.3 Å². The molecule has 0 bridgehead atoms. The van der Waals surface area contributed by atoms with Gasteiger partial charge in [-0.3, -0.25) is 0 Å². The first-order chi connectivity index (χ1) is 7.36. The number of aliphatic hydroxyl groups excluding tert-OH is 3. The van der Waals surface area contributed by atoms with Gasteiger partial charge in [-0.05, 0) is 17.7 Å². The Hall–Kier alpha value is -1.02. The van der Waals surface area contributed by atoms with E-state index < -0.39 is 33.9 Å². The van der Waals surface area contributed by atoms with E-state index in [4.69, 9.17) is 10.2 Å². The van der Waals surface area contributed by atoms with Crippen molar-refractivity contribution in [3.63, 3.8) is 0 Å². The van der Waals surface area contributed by atoms with Crippen LogP contribution in [0.4, 0.5) is 3.89 Å². The van der Waals surface area contributed by atoms with Gasteiger partial charge in [-0.15, -0.1) is 3.89 Å². The Labute approximate surface area is 92.0 Å². The number of hydrogen-bond acceptors (Lipinski definition) is 5. The molecule has 0 saturated carbocycles. The Kier molecular flexibility index (Phi) is 3.98. The van der Waals surface area contributed by atoms with Gasteiger partial charge in [0, 0.05) is 0 Å². The van der Waals surface area contributed by atoms with Crippen LogP contribution in [-0.4, -0.2) is 36.4 Å². The summed E-state index contributed by atoms with van der Waals surface area (Å²) in [6.45, 7) is -0.635. The van der Waals surface area contributed by atoms with E-state index in [1.165, 1.54) is 0 Å². The third kappa shape index (κ3) is 2.99. The zero-order valence-corrected chi connectivity index (χ0v) is 8.93. The number of aliphatic hydroxyl groups is 3. The van der Waals surface area contributed by atoms with Crippen molar-refractivity contribution < 1.29 is 27.6 Å². The standard InChI is InChI=1S/C9H11FO5S/c10-16(14,15)7-3-1-6(2-4-7)9(13)8(12)5-11/h1-4,8-9,11-13H,5H2. The fourth-order valence-electron chi connectivity index (χ4n) is 1.15. The molecule has 3 N–H and O–H groups in total. The number of benzene rings is 1. The highest BCUT2D eigenvalue weighted by atomic mass is 32.3. The molecule has 0 fully saturated rings. The molecule has 0 aliphatic heterocycles. The highest BCUT2D eigenvalue weighted by molar-refractivity contribution is 7.86. The van der Waals surface area contributed by atoms with Crippen molar-refractivity contribution in [3.05, 3.63) is 29.8 Å². The Balaban J connectivity index is 2.96. The van der Waals surface area contributed by atoms with Gasteiger partial charge in [0.25, 0.3) is 0 Å². The Morgan fingerprint density at radius 3 is 2.06 bits per heavy atom. The molecule has 0 aliphatic carbocycles. The molecule has 7 heteroatoms. The van der Waals surface area contributed by atoms with Gasteiger partial charge in [0.1, 0.15) is 12.2 Å². The second kappa shape index (κ2) is 4.88. The van der Waals surface area contributed by atoms with Gasteiger partial charge in [-0.1, -0.05) is 12.1 Å². The summed E-state index contributed by atoms with van der Waals surface area (Å²) in [5.41, 5.74) is 0.189. The Morgan fingerprint density at radius 2 is 1.69 bits per heavy atom. The lowest BCUT2D eigenvalue weighted by molar-refractivity contribution is -0.0152. The van der Waals surface area contributed by atoms with E-state index in [0.29, 0.717) is 0 Å². The molecule has 90 valence electrons. The van der Waals surface area contributed by atoms with Crippen molar-refractivity contribution in [2.24, 2.45) is 0 Å². The van der Waals surface area contributed by atoms with Crippen molar-refractivity contribution in [2.45, 2.75) is 17.1 Å². The average Bonchev–Trinajstić information content (AvgIpc) is 2.26. The largest absolute Gasteiger partial charge is 0.394 e. The molecule has 1 aromatic carbocycles. The normalized spacial score (nSPS) is 15.8. The number of hydrogen-bond donors (Lipinski definition) is 3. The molecule has 0 saturated heterocycles. The van der Waals surface area contributed by atoms with Crippen LogP contribution < -0.4 is 0 Å². The molecular formula is C9H11FO5S. The maximum Gasteiger partial charge on any atom is 0.332 e. The van der Waals surface area contributed by atoms with Gasteiger partial charge in [0.15, 0.2) is 0 Å². The maximum absolute atomic E-state index is 12.5. The highest BCUT2D eigenvalue weighted by Gasteiger charge is 2.18. The summed E-state index contributed by atoms with van der Waals surface area (Å²) in [4.78, 5) is -0.526. The van der Waals surface area contributed by atoms with Crippen molar-refractivity contribution in [1.82, 2.24) is 0 Å². The zero-order valence-electron chi connectivity index (χ0n) is 8.12. The smallest absolute Gasteiger partial charge is 0.332 e. The predicted octanol–water partition coefficient (Wildman–Crippen LogP) is -0.269. The van der Waals surface area contributed by atoms with Crippen LogP contribution >= 0.6 is 0 Å². The van der Waals surface area contributed by atoms with Crippen LogP contribution in [0.1, 0.15) is 11.7 Å². The Morgan fingerprint density at radius 1 is 1.19 bits per heavy atom. The molecule has 16 heavy (non-hydrogen) atoms. The van der Waals surface area contributed by atoms with Crippen LogP contribution in [0.15, 0.2) is 29.2 Å². The second-order valence-corrected chi connectivity index (χ2v) is 4.55. The van der Waals surface area contributed by atoms with Gasteiger partial charge in [0.05, 0.1) is 11.5 Å². The van der Waals surface area contributed by atoms with Crippen LogP contribution in [0.2, 0.25) is 0 Å². The fourth-order valence-corrected chi connectivity index (χ4v) is 1.61. The second-order valence-electron chi connectivity index (χ2n) is 3.20. The molecule has 1 rings (SSSR count). The van der Waals surface area contributed by atoms with Crippen LogP contribution in [-0.2, 0) is 10.2 Å². The van der Waals surface area contributed by atoms with Crippen molar-refractivity contribution >= 4 is 10.2 Å². The van der Waals surface area contributed by atoms with E-state index in [9.17, 15) is 17.4 Å². The minimum absolute atomic E-state index is 0.189. The number of rotatable bonds is 4. The molecule has 0 aliphatic rings. The monoisotopic (exact) mass is 250 g/mol. The van der Waals surface area contributed by atoms with Crippen LogP contribution in [0.25, 0.3) is 0 Å². The molecule has 5 nitrogen and oxygen atoms in total. The van der Waals surface area contributed by atoms with E-state index in [-0.39, 0.29) is 5.56 Å². The lowest BCUT2D eigenvalue weighted by atomic mass is 10.1. The third-order valence-electron chi connectivity index (χ3n) is 2.05. The van der Waals surface area contributed by atoms with Crippen LogP contribution in [0.3, 0.4) is 0 Å². The maximum atomic E-state index is 12.5. The van der Waals surface area contributed by atoms with Gasteiger partial charge >= 0.3 is 10.2 Å². The van der Waals surface area contributed by atoms with Gasteiger partial charge in [-0.25, -0.2) is 0 Å². The van der Waals surface area contributed by atoms with Crippen LogP contribution in [0, 0.1) is 0 Å². The first-order valence-corrected chi connectivity index (χ1v) is 5.76. The van der Waals surface area contributed by atoms with Crippen LogP contribution in [0.5, 0.6) is 0 Å². The quantitative estimate of drug-likeness (QED) is 0.639. The summed E-state index contributed by atoms with van der Waals surface area (Å²) in [6.07, 6.45) is -2.71. The van der Waals surface area contributed by atoms with E-state index in [1.807, 2.05) is 0 Å². The molecule has 2 unspecified atom stereocenters. The average molecular weight is 250 g/mol. The highest BCUT2D eigenvalue weighted by Crippen LogP contribution is 2.20. The van der Waals surface area contributed by atoms with Crippen molar-refractivity contribution in [2.75, 3.05) is 6.61 Å². The summed E-state index contributed by atoms with van der Waals surface area (Å²) in [5.74, 6) is 0. The summed E-state index contributed by atoms with van der Waals surface area (Å²) in [5, 5.41) is 27.1. The molecule has 0 spiro atoms. The Bertz CT molecular complexity index is 441. The SMILES string of the molecule is O=S(=O)(F)c1ccc(C(O)C(O)CO)cc1. The lowest BCUT2D eigenvalue weighted by Crippen LogP contribution is -2.21. The van der Waals surface area contributed by atoms with E-state index in [1.54, 1.807) is 0 Å². The summed E-state index contributed by atoms with van der Waals surface area (Å²) in [6, 6.07) is 4.27. The molecule has 0 aromatic heterocycles. The summed E-state index contributed by atoms with van der Waals surface area (Å²) in [7, 11) is -4.76. The zero-order chi connectivity index (χ0) is 12.3. The van der Waals surface area contributed by atoms with Crippen molar-refractivity contribution in [3.8, 4) is 0 Å². The molecular weight excluding hydrogens is 239 g/mol. The summed E-state index contributed by atoms with van der Waals surface area (Å²) >= 11 is 0. The lowest BCUT2D eigenvalue weighted by Gasteiger charge is -2.15. The molecule has 0 heterocycles. The minimum atomic E-state index is -4.76.